The monoisotopic (exact) mass is 666 g/mol. The first-order valence-corrected chi connectivity index (χ1v) is 9.98. The van der Waals surface area contributed by atoms with Crippen LogP contribution in [-0.4, -0.2) is 94.6 Å². The Hall–Kier alpha value is -1.59. The van der Waals surface area contributed by atoms with Gasteiger partial charge in [-0.1, -0.05) is 0 Å². The number of hydrogen-bond acceptors (Lipinski definition) is 3. The van der Waals surface area contributed by atoms with E-state index in [0.717, 1.165) is 0 Å². The third kappa shape index (κ3) is 5.05. The van der Waals surface area contributed by atoms with Gasteiger partial charge in [-0.3, -0.25) is 0 Å². The van der Waals surface area contributed by atoms with Gasteiger partial charge in [0, 0.05) is 25.2 Å². The summed E-state index contributed by atoms with van der Waals surface area (Å²) in [5.41, 5.74) is -4.21. The SMILES string of the molecule is OCCC(CCO)(CCO)C(F)(F)C(F)(F)C(F)(F)C(F)(F)C(F)(F)C(F)(F)C(F)(F)C(F)(F)C(F)(F)C(F)(F)F. The van der Waals surface area contributed by atoms with Crippen molar-refractivity contribution < 1.29 is 108 Å². The van der Waals surface area contributed by atoms with Gasteiger partial charge in [0.05, 0.1) is 0 Å². The number of aliphatic hydroxyl groups is 3. The van der Waals surface area contributed by atoms with Crippen LogP contribution in [0, 0.1) is 5.41 Å². The molecular formula is C17H15F21O3. The third-order valence-corrected chi connectivity index (χ3v) is 5.95. The largest absolute Gasteiger partial charge is 0.460 e. The summed E-state index contributed by atoms with van der Waals surface area (Å²) in [5.74, 6) is -78.3. The van der Waals surface area contributed by atoms with Crippen molar-refractivity contribution in [1.29, 1.82) is 0 Å². The summed E-state index contributed by atoms with van der Waals surface area (Å²) in [4.78, 5) is 0. The molecule has 0 aromatic rings. The van der Waals surface area contributed by atoms with Gasteiger partial charge < -0.3 is 15.3 Å². The van der Waals surface area contributed by atoms with Crippen molar-refractivity contribution in [2.24, 2.45) is 5.41 Å². The Morgan fingerprint density at radius 3 is 0.610 bits per heavy atom. The zero-order valence-corrected chi connectivity index (χ0v) is 19.0. The van der Waals surface area contributed by atoms with Gasteiger partial charge >= 0.3 is 59.5 Å². The molecule has 0 heterocycles. The zero-order chi connectivity index (χ0) is 33.7. The van der Waals surface area contributed by atoms with Crippen molar-refractivity contribution in [3.05, 3.63) is 0 Å². The third-order valence-electron chi connectivity index (χ3n) is 5.95. The second-order valence-corrected chi connectivity index (χ2v) is 8.37. The normalized spacial score (nSPS) is 16.4. The Labute approximate surface area is 212 Å². The summed E-state index contributed by atoms with van der Waals surface area (Å²) < 4.78 is 284. The van der Waals surface area contributed by atoms with Crippen molar-refractivity contribution >= 4 is 0 Å². The van der Waals surface area contributed by atoms with Crippen molar-refractivity contribution in [1.82, 2.24) is 0 Å². The minimum absolute atomic E-state index is 1.81. The fraction of sp³-hybridized carbons (Fsp3) is 1.00. The highest BCUT2D eigenvalue weighted by Gasteiger charge is 2.98. The van der Waals surface area contributed by atoms with Crippen LogP contribution in [0.1, 0.15) is 19.3 Å². The van der Waals surface area contributed by atoms with Crippen LogP contribution in [0.4, 0.5) is 92.2 Å². The number of aliphatic hydroxyl groups excluding tert-OH is 3. The summed E-state index contributed by atoms with van der Waals surface area (Å²) in [6.45, 7) is -5.43. The van der Waals surface area contributed by atoms with Gasteiger partial charge in [-0.15, -0.1) is 0 Å². The zero-order valence-electron chi connectivity index (χ0n) is 19.0. The van der Waals surface area contributed by atoms with Crippen LogP contribution >= 0.6 is 0 Å². The minimum atomic E-state index is -9.27. The summed E-state index contributed by atoms with van der Waals surface area (Å²) in [5, 5.41) is 26.3. The first kappa shape index (κ1) is 39.4. The molecule has 41 heavy (non-hydrogen) atoms. The molecule has 24 heteroatoms. The first-order valence-electron chi connectivity index (χ1n) is 9.98. The molecule has 0 fully saturated rings. The summed E-state index contributed by atoms with van der Waals surface area (Å²) in [6, 6.07) is 0. The Morgan fingerprint density at radius 2 is 0.439 bits per heavy atom. The maximum atomic E-state index is 14.7. The first-order chi connectivity index (χ1) is 17.7. The van der Waals surface area contributed by atoms with E-state index >= 15 is 0 Å². The predicted octanol–water partition coefficient (Wildman–Crippen LogP) is 6.40. The van der Waals surface area contributed by atoms with Gasteiger partial charge in [0.15, 0.2) is 0 Å². The van der Waals surface area contributed by atoms with Crippen LogP contribution in [0.5, 0.6) is 0 Å². The molecule has 0 aliphatic heterocycles. The van der Waals surface area contributed by atoms with Gasteiger partial charge in [-0.25, -0.2) is 0 Å². The van der Waals surface area contributed by atoms with Crippen LogP contribution in [0.3, 0.4) is 0 Å². The van der Waals surface area contributed by atoms with E-state index in [1.54, 1.807) is 0 Å². The van der Waals surface area contributed by atoms with Gasteiger partial charge in [0.25, 0.3) is 0 Å². The lowest BCUT2D eigenvalue weighted by atomic mass is 9.69. The summed E-state index contributed by atoms with van der Waals surface area (Å²) in [7, 11) is 0. The summed E-state index contributed by atoms with van der Waals surface area (Å²) in [6.07, 6.45) is -14.0. The van der Waals surface area contributed by atoms with E-state index in [1.807, 2.05) is 0 Å². The van der Waals surface area contributed by atoms with Crippen LogP contribution in [0.15, 0.2) is 0 Å². The highest BCUT2D eigenvalue weighted by molar-refractivity contribution is 5.19. The van der Waals surface area contributed by atoms with Gasteiger partial charge in [0.1, 0.15) is 0 Å². The molecule has 3 nitrogen and oxygen atoms in total. The molecule has 0 unspecified atom stereocenters. The van der Waals surface area contributed by atoms with Crippen molar-refractivity contribution in [2.45, 2.75) is 78.7 Å². The molecule has 0 amide bonds. The van der Waals surface area contributed by atoms with Gasteiger partial charge in [-0.2, -0.15) is 92.2 Å². The predicted molar refractivity (Wildman–Crippen MR) is 88.1 cm³/mol. The lowest BCUT2D eigenvalue weighted by Crippen LogP contribution is -2.77. The second kappa shape index (κ2) is 10.8. The van der Waals surface area contributed by atoms with E-state index in [2.05, 4.69) is 0 Å². The maximum absolute atomic E-state index is 14.7. The van der Waals surface area contributed by atoms with E-state index in [-0.39, 0.29) is 0 Å². The Bertz CT molecular complexity index is 837. The number of rotatable bonds is 15. The molecule has 0 aliphatic carbocycles. The topological polar surface area (TPSA) is 60.7 Å². The number of hydrogen-bond donors (Lipinski definition) is 3. The van der Waals surface area contributed by atoms with Crippen LogP contribution in [-0.2, 0) is 0 Å². The van der Waals surface area contributed by atoms with Crippen LogP contribution < -0.4 is 0 Å². The van der Waals surface area contributed by atoms with Gasteiger partial charge in [-0.05, 0) is 19.3 Å². The minimum Gasteiger partial charge on any atom is -0.396 e. The Morgan fingerprint density at radius 1 is 0.268 bits per heavy atom. The molecule has 0 aliphatic rings. The van der Waals surface area contributed by atoms with E-state index in [4.69, 9.17) is 15.3 Å². The molecular weight excluding hydrogens is 651 g/mol. The number of alkyl halides is 21. The molecule has 0 atom stereocenters. The molecule has 248 valence electrons. The van der Waals surface area contributed by atoms with E-state index in [9.17, 15) is 92.2 Å². The quantitative estimate of drug-likeness (QED) is 0.178. The number of halogens is 21. The van der Waals surface area contributed by atoms with Crippen molar-refractivity contribution in [2.75, 3.05) is 19.8 Å². The Kier molecular flexibility index (Phi) is 10.4. The lowest BCUT2D eigenvalue weighted by Gasteiger charge is -2.48. The van der Waals surface area contributed by atoms with Crippen molar-refractivity contribution in [3.63, 3.8) is 0 Å². The fourth-order valence-electron chi connectivity index (χ4n) is 3.38. The van der Waals surface area contributed by atoms with Gasteiger partial charge in [0.2, 0.25) is 0 Å². The second-order valence-electron chi connectivity index (χ2n) is 8.37. The van der Waals surface area contributed by atoms with Crippen LogP contribution in [0.25, 0.3) is 0 Å². The lowest BCUT2D eigenvalue weighted by molar-refractivity contribution is -0.477. The smallest absolute Gasteiger partial charge is 0.396 e. The molecule has 0 rings (SSSR count). The molecule has 0 aromatic carbocycles. The van der Waals surface area contributed by atoms with Crippen molar-refractivity contribution in [3.8, 4) is 0 Å². The van der Waals surface area contributed by atoms with E-state index in [1.165, 1.54) is 0 Å². The fourth-order valence-corrected chi connectivity index (χ4v) is 3.38. The molecule has 0 bridgehead atoms. The molecule has 0 saturated heterocycles. The molecule has 0 spiro atoms. The average molecular weight is 666 g/mol. The molecule has 0 radical (unpaired) electrons. The highest BCUT2D eigenvalue weighted by atomic mass is 19.4. The average Bonchev–Trinajstić information content (AvgIpc) is 2.77. The molecule has 3 N–H and O–H groups in total. The Balaban J connectivity index is 7.38. The molecule has 0 aromatic heterocycles. The standard InChI is InChI=1S/C17H15F21O3/c18-8(19,7(1-4-39,2-5-40)3-6-41)9(20,21)10(22,23)11(24,25)12(26,27)13(28,29)14(30,31)15(32,33)16(34,35)17(36,37)38/h39-41H,1-6H2. The van der Waals surface area contributed by atoms with E-state index in [0.29, 0.717) is 0 Å². The highest BCUT2D eigenvalue weighted by Crippen LogP contribution is 2.68. The van der Waals surface area contributed by atoms with E-state index < -0.39 is 104 Å². The maximum Gasteiger partial charge on any atom is 0.460 e. The van der Waals surface area contributed by atoms with Crippen LogP contribution in [0.2, 0.25) is 0 Å². The molecule has 0 saturated carbocycles. The summed E-state index contributed by atoms with van der Waals surface area (Å²) >= 11 is 0.